The topological polar surface area (TPSA) is 93.1 Å². The summed E-state index contributed by atoms with van der Waals surface area (Å²) in [6.07, 6.45) is 1.77. The Labute approximate surface area is 205 Å². The zero-order valence-corrected chi connectivity index (χ0v) is 20.1. The Morgan fingerprint density at radius 2 is 1.89 bits per heavy atom. The number of methoxy groups -OCH3 is 1. The Bertz CT molecular complexity index is 1540. The summed E-state index contributed by atoms with van der Waals surface area (Å²) in [4.78, 5) is 34.7. The number of carbonyl (C=O) groups excluding carboxylic acids is 1. The van der Waals surface area contributed by atoms with E-state index in [1.807, 2.05) is 60.0 Å². The average Bonchev–Trinajstić information content (AvgIpc) is 3.52. The Kier molecular flexibility index (Phi) is 6.15. The molecule has 0 saturated carbocycles. The monoisotopic (exact) mass is 485 g/mol. The van der Waals surface area contributed by atoms with Crippen LogP contribution >= 0.6 is 11.3 Å². The van der Waals surface area contributed by atoms with Crippen molar-refractivity contribution >= 4 is 27.5 Å². The molecule has 0 atom stereocenters. The first kappa shape index (κ1) is 22.5. The van der Waals surface area contributed by atoms with Crippen LogP contribution in [0, 0.1) is 0 Å². The van der Waals surface area contributed by atoms with E-state index in [1.54, 1.807) is 31.1 Å². The van der Waals surface area contributed by atoms with Gasteiger partial charge in [-0.1, -0.05) is 30.3 Å². The molecule has 35 heavy (non-hydrogen) atoms. The summed E-state index contributed by atoms with van der Waals surface area (Å²) in [6.45, 7) is 0.691. The van der Waals surface area contributed by atoms with Gasteiger partial charge < -0.3 is 14.6 Å². The van der Waals surface area contributed by atoms with Crippen molar-refractivity contribution in [2.45, 2.75) is 13.1 Å². The summed E-state index contributed by atoms with van der Waals surface area (Å²) < 4.78 is 7.62. The van der Waals surface area contributed by atoms with Crippen molar-refractivity contribution < 1.29 is 9.53 Å². The van der Waals surface area contributed by atoms with Gasteiger partial charge >= 0.3 is 0 Å². The number of H-pyrrole nitrogens is 1. The molecule has 0 saturated heterocycles. The Morgan fingerprint density at radius 1 is 1.11 bits per heavy atom. The van der Waals surface area contributed by atoms with Gasteiger partial charge in [0.25, 0.3) is 11.5 Å². The number of rotatable bonds is 7. The van der Waals surface area contributed by atoms with Crippen LogP contribution in [0.1, 0.15) is 21.7 Å². The second-order valence-electron chi connectivity index (χ2n) is 8.11. The molecule has 5 rings (SSSR count). The van der Waals surface area contributed by atoms with Gasteiger partial charge in [0, 0.05) is 18.8 Å². The van der Waals surface area contributed by atoms with E-state index in [-0.39, 0.29) is 18.0 Å². The van der Waals surface area contributed by atoms with Gasteiger partial charge in [0.05, 0.1) is 31.3 Å². The van der Waals surface area contributed by atoms with Crippen molar-refractivity contribution in [1.29, 1.82) is 0 Å². The van der Waals surface area contributed by atoms with Gasteiger partial charge in [0.15, 0.2) is 0 Å². The maximum atomic E-state index is 13.6. The molecule has 176 valence electrons. The van der Waals surface area contributed by atoms with Crippen LogP contribution in [0.4, 0.5) is 0 Å². The standard InChI is InChI=1S/C26H23N5O3S/c1-30(16-22-27-21-12-13-35-24(21)25(32)28-22)26(33)20-15-31(14-17-6-4-3-5-7-17)29-23(20)18-8-10-19(34-2)11-9-18/h3-13,15H,14,16H2,1-2H3,(H,27,28,32). The average molecular weight is 486 g/mol. The molecule has 0 aliphatic carbocycles. The number of aromatic nitrogens is 4. The second kappa shape index (κ2) is 9.55. The fourth-order valence-electron chi connectivity index (χ4n) is 3.89. The highest BCUT2D eigenvalue weighted by Gasteiger charge is 2.22. The van der Waals surface area contributed by atoms with E-state index in [0.29, 0.717) is 33.8 Å². The number of thiophene rings is 1. The number of ether oxygens (including phenoxy) is 1. The number of benzene rings is 2. The molecular weight excluding hydrogens is 462 g/mol. The fraction of sp³-hybridized carbons (Fsp3) is 0.154. The quantitative estimate of drug-likeness (QED) is 0.373. The molecule has 0 aliphatic rings. The first-order chi connectivity index (χ1) is 17.0. The first-order valence-electron chi connectivity index (χ1n) is 11.0. The number of fused-ring (bicyclic) bond motifs is 1. The predicted molar refractivity (Wildman–Crippen MR) is 136 cm³/mol. The largest absolute Gasteiger partial charge is 0.497 e. The van der Waals surface area contributed by atoms with Gasteiger partial charge in [-0.05, 0) is 41.3 Å². The molecule has 9 heteroatoms. The summed E-state index contributed by atoms with van der Waals surface area (Å²) in [7, 11) is 3.30. The van der Waals surface area contributed by atoms with Crippen molar-refractivity contribution in [2.75, 3.05) is 14.2 Å². The molecule has 0 bridgehead atoms. The van der Waals surface area contributed by atoms with Crippen LogP contribution in [-0.4, -0.2) is 44.7 Å². The van der Waals surface area contributed by atoms with Crippen molar-refractivity contribution in [2.24, 2.45) is 0 Å². The van der Waals surface area contributed by atoms with Gasteiger partial charge in [-0.25, -0.2) is 4.98 Å². The van der Waals surface area contributed by atoms with Gasteiger partial charge in [-0.3, -0.25) is 14.3 Å². The molecule has 0 unspecified atom stereocenters. The third-order valence-corrected chi connectivity index (χ3v) is 6.54. The predicted octanol–water partition coefficient (Wildman–Crippen LogP) is 4.18. The third-order valence-electron chi connectivity index (χ3n) is 5.64. The van der Waals surface area contributed by atoms with Crippen LogP contribution in [0.5, 0.6) is 5.75 Å². The lowest BCUT2D eigenvalue weighted by molar-refractivity contribution is 0.0782. The van der Waals surface area contributed by atoms with Gasteiger partial charge in [-0.2, -0.15) is 5.10 Å². The molecule has 8 nitrogen and oxygen atoms in total. The minimum absolute atomic E-state index is 0.159. The van der Waals surface area contributed by atoms with Crippen molar-refractivity contribution in [3.63, 3.8) is 0 Å². The molecular formula is C26H23N5O3S. The summed E-state index contributed by atoms with van der Waals surface area (Å²) >= 11 is 1.34. The molecule has 1 N–H and O–H groups in total. The SMILES string of the molecule is COc1ccc(-c2nn(Cc3ccccc3)cc2C(=O)N(C)Cc2nc3ccsc3c(=O)[nH]2)cc1. The van der Waals surface area contributed by atoms with E-state index in [1.165, 1.54) is 16.2 Å². The van der Waals surface area contributed by atoms with E-state index in [4.69, 9.17) is 9.84 Å². The third kappa shape index (κ3) is 4.71. The Morgan fingerprint density at radius 3 is 2.63 bits per heavy atom. The molecule has 2 aromatic carbocycles. The van der Waals surface area contributed by atoms with E-state index >= 15 is 0 Å². The van der Waals surface area contributed by atoms with E-state index in [0.717, 1.165) is 16.9 Å². The summed E-state index contributed by atoms with van der Waals surface area (Å²) in [5, 5.41) is 6.57. The highest BCUT2D eigenvalue weighted by molar-refractivity contribution is 7.17. The lowest BCUT2D eigenvalue weighted by atomic mass is 10.1. The van der Waals surface area contributed by atoms with Crippen molar-refractivity contribution in [3.8, 4) is 17.0 Å². The van der Waals surface area contributed by atoms with Gasteiger partial charge in [-0.15, -0.1) is 11.3 Å². The number of carbonyl (C=O) groups is 1. The van der Waals surface area contributed by atoms with Crippen LogP contribution in [0.15, 0.2) is 77.0 Å². The maximum absolute atomic E-state index is 13.6. The lowest BCUT2D eigenvalue weighted by Gasteiger charge is -2.16. The van der Waals surface area contributed by atoms with E-state index < -0.39 is 0 Å². The molecule has 5 aromatic rings. The van der Waals surface area contributed by atoms with E-state index in [2.05, 4.69) is 9.97 Å². The lowest BCUT2D eigenvalue weighted by Crippen LogP contribution is -2.28. The van der Waals surface area contributed by atoms with Crippen LogP contribution in [-0.2, 0) is 13.1 Å². The fourth-order valence-corrected chi connectivity index (χ4v) is 4.62. The zero-order chi connectivity index (χ0) is 24.4. The number of hydrogen-bond acceptors (Lipinski definition) is 6. The van der Waals surface area contributed by atoms with Crippen molar-refractivity contribution in [1.82, 2.24) is 24.6 Å². The number of nitrogens with zero attached hydrogens (tertiary/aromatic N) is 4. The smallest absolute Gasteiger partial charge is 0.268 e. The Balaban J connectivity index is 1.47. The van der Waals surface area contributed by atoms with E-state index in [9.17, 15) is 9.59 Å². The van der Waals surface area contributed by atoms with Crippen LogP contribution in [0.25, 0.3) is 21.5 Å². The molecule has 0 aliphatic heterocycles. The van der Waals surface area contributed by atoms with Gasteiger partial charge in [0.2, 0.25) is 0 Å². The minimum Gasteiger partial charge on any atom is -0.497 e. The molecule has 0 spiro atoms. The van der Waals surface area contributed by atoms with Crippen molar-refractivity contribution in [3.05, 3.63) is 99.5 Å². The van der Waals surface area contributed by atoms with Gasteiger partial charge in [0.1, 0.15) is 22.0 Å². The molecule has 0 fully saturated rings. The summed E-state index contributed by atoms with van der Waals surface area (Å²) in [6, 6.07) is 19.2. The number of amides is 1. The number of hydrogen-bond donors (Lipinski definition) is 1. The summed E-state index contributed by atoms with van der Waals surface area (Å²) in [5.74, 6) is 0.934. The highest BCUT2D eigenvalue weighted by atomic mass is 32.1. The van der Waals surface area contributed by atoms with Crippen LogP contribution < -0.4 is 10.3 Å². The second-order valence-corrected chi connectivity index (χ2v) is 9.03. The first-order valence-corrected chi connectivity index (χ1v) is 11.9. The molecule has 0 radical (unpaired) electrons. The summed E-state index contributed by atoms with van der Waals surface area (Å²) in [5.41, 5.74) is 3.36. The minimum atomic E-state index is -0.219. The van der Waals surface area contributed by atoms with Crippen LogP contribution in [0.3, 0.4) is 0 Å². The number of aromatic amines is 1. The molecule has 3 heterocycles. The zero-order valence-electron chi connectivity index (χ0n) is 19.3. The number of nitrogens with one attached hydrogen (secondary N) is 1. The molecule has 1 amide bonds. The highest BCUT2D eigenvalue weighted by Crippen LogP contribution is 2.26. The van der Waals surface area contributed by atoms with Crippen LogP contribution in [0.2, 0.25) is 0 Å². The normalized spacial score (nSPS) is 11.0. The molecule has 3 aromatic heterocycles. The Hall–Kier alpha value is -4.24. The maximum Gasteiger partial charge on any atom is 0.268 e.